The lowest BCUT2D eigenvalue weighted by atomic mass is 9.76. The maximum atomic E-state index is 13.0. The van der Waals surface area contributed by atoms with Crippen LogP contribution in [0.1, 0.15) is 42.1 Å². The summed E-state index contributed by atoms with van der Waals surface area (Å²) in [4.78, 5) is 51.9. The Morgan fingerprint density at radius 1 is 1.15 bits per heavy atom. The summed E-state index contributed by atoms with van der Waals surface area (Å²) in [6.45, 7) is 3.40. The zero-order valence-corrected chi connectivity index (χ0v) is 21.1. The van der Waals surface area contributed by atoms with Crippen LogP contribution in [0.5, 0.6) is 0 Å². The molecule has 0 radical (unpaired) electrons. The number of aryl methyl sites for hydroxylation is 1. The number of benzene rings is 2. The molecular weight excluding hydrogens is 524 g/mol. The van der Waals surface area contributed by atoms with Crippen molar-refractivity contribution in [3.63, 3.8) is 0 Å². The Morgan fingerprint density at radius 2 is 1.88 bits per heavy atom. The molecule has 4 rings (SSSR count). The van der Waals surface area contributed by atoms with Crippen molar-refractivity contribution in [2.75, 3.05) is 16.8 Å². The molecule has 2 aromatic rings. The molecule has 9 heteroatoms. The molecule has 1 heterocycles. The Kier molecular flexibility index (Phi) is 7.09. The van der Waals surface area contributed by atoms with Crippen LogP contribution in [-0.4, -0.2) is 30.3 Å². The molecule has 1 N–H and O–H groups in total. The SMILES string of the molecule is Cc1cc(Br)c(Cl)cc1NC(=O)COC(=O)c1cccc(N2C(=O)[C@@H]3CC[C@H](C)C[C@H]3C2=O)c1. The van der Waals surface area contributed by atoms with Gasteiger partial charge in [-0.25, -0.2) is 4.79 Å². The number of anilines is 2. The van der Waals surface area contributed by atoms with Gasteiger partial charge in [-0.15, -0.1) is 0 Å². The number of imide groups is 1. The summed E-state index contributed by atoms with van der Waals surface area (Å²) in [5.74, 6) is -1.86. The van der Waals surface area contributed by atoms with Crippen LogP contribution in [0.3, 0.4) is 0 Å². The molecule has 3 atom stereocenters. The summed E-state index contributed by atoms with van der Waals surface area (Å²) in [6.07, 6.45) is 2.33. The first-order valence-electron chi connectivity index (χ1n) is 11.1. The molecule has 0 spiro atoms. The second-order valence-electron chi connectivity index (χ2n) is 8.90. The van der Waals surface area contributed by atoms with Crippen molar-refractivity contribution in [1.29, 1.82) is 0 Å². The van der Waals surface area contributed by atoms with E-state index in [9.17, 15) is 19.2 Å². The van der Waals surface area contributed by atoms with Crippen LogP contribution in [0.25, 0.3) is 0 Å². The molecule has 0 bridgehead atoms. The van der Waals surface area contributed by atoms with Crippen LogP contribution in [0.2, 0.25) is 5.02 Å². The van der Waals surface area contributed by atoms with E-state index in [-0.39, 0.29) is 29.2 Å². The van der Waals surface area contributed by atoms with E-state index in [0.717, 1.165) is 12.0 Å². The van der Waals surface area contributed by atoms with Gasteiger partial charge in [-0.2, -0.15) is 0 Å². The van der Waals surface area contributed by atoms with Gasteiger partial charge in [0.25, 0.3) is 5.91 Å². The van der Waals surface area contributed by atoms with Crippen LogP contribution >= 0.6 is 27.5 Å². The predicted octanol–water partition coefficient (Wildman–Crippen LogP) is 5.13. The summed E-state index contributed by atoms with van der Waals surface area (Å²) in [6, 6.07) is 9.56. The number of rotatable bonds is 5. The van der Waals surface area contributed by atoms with E-state index in [1.54, 1.807) is 24.3 Å². The van der Waals surface area contributed by atoms with Gasteiger partial charge in [0, 0.05) is 10.2 Å². The van der Waals surface area contributed by atoms with Gasteiger partial charge < -0.3 is 10.1 Å². The zero-order valence-electron chi connectivity index (χ0n) is 18.8. The van der Waals surface area contributed by atoms with Gasteiger partial charge in [0.2, 0.25) is 11.8 Å². The minimum absolute atomic E-state index is 0.150. The molecule has 1 saturated heterocycles. The number of ether oxygens (including phenoxy) is 1. The van der Waals surface area contributed by atoms with Crippen LogP contribution in [-0.2, 0) is 19.1 Å². The number of nitrogens with zero attached hydrogens (tertiary/aromatic N) is 1. The van der Waals surface area contributed by atoms with E-state index in [1.165, 1.54) is 17.0 Å². The molecule has 178 valence electrons. The van der Waals surface area contributed by atoms with Crippen molar-refractivity contribution < 1.29 is 23.9 Å². The average molecular weight is 548 g/mol. The second-order valence-corrected chi connectivity index (χ2v) is 10.2. The number of carbonyl (C=O) groups is 4. The molecule has 2 aromatic carbocycles. The standard InChI is InChI=1S/C25H24BrClN2O5/c1-13-6-7-17-18(8-13)24(32)29(23(17)31)16-5-3-4-15(10-16)25(33)34-12-22(30)28-21-11-20(27)19(26)9-14(21)2/h3-5,9-11,13,17-18H,6-8,12H2,1-2H3,(H,28,30)/t13-,17+,18+/m0/s1. The first-order chi connectivity index (χ1) is 16.2. The lowest BCUT2D eigenvalue weighted by Gasteiger charge is -2.25. The number of nitrogens with one attached hydrogen (secondary N) is 1. The summed E-state index contributed by atoms with van der Waals surface area (Å²) >= 11 is 9.40. The lowest BCUT2D eigenvalue weighted by Crippen LogP contribution is -2.31. The van der Waals surface area contributed by atoms with Gasteiger partial charge >= 0.3 is 5.97 Å². The maximum Gasteiger partial charge on any atom is 0.338 e. The van der Waals surface area contributed by atoms with E-state index in [2.05, 4.69) is 28.2 Å². The smallest absolute Gasteiger partial charge is 0.338 e. The molecule has 1 aliphatic heterocycles. The fourth-order valence-corrected chi connectivity index (χ4v) is 5.22. The number of amides is 3. The Hall–Kier alpha value is -2.71. The van der Waals surface area contributed by atoms with E-state index >= 15 is 0 Å². The Morgan fingerprint density at radius 3 is 2.65 bits per heavy atom. The first-order valence-corrected chi connectivity index (χ1v) is 12.2. The van der Waals surface area contributed by atoms with E-state index in [4.69, 9.17) is 16.3 Å². The summed E-state index contributed by atoms with van der Waals surface area (Å²) in [5.41, 5.74) is 1.80. The van der Waals surface area contributed by atoms with Crippen LogP contribution < -0.4 is 10.2 Å². The van der Waals surface area contributed by atoms with E-state index < -0.39 is 18.5 Å². The predicted molar refractivity (Wildman–Crippen MR) is 132 cm³/mol. The zero-order chi connectivity index (χ0) is 24.6. The molecule has 7 nitrogen and oxygen atoms in total. The fraction of sp³-hybridized carbons (Fsp3) is 0.360. The van der Waals surface area contributed by atoms with Crippen molar-refractivity contribution >= 4 is 62.6 Å². The molecule has 2 aliphatic rings. The summed E-state index contributed by atoms with van der Waals surface area (Å²) in [5, 5.41) is 3.11. The highest BCUT2D eigenvalue weighted by Crippen LogP contribution is 2.42. The van der Waals surface area contributed by atoms with Crippen molar-refractivity contribution in [1.82, 2.24) is 0 Å². The second kappa shape index (κ2) is 9.88. The van der Waals surface area contributed by atoms with Gasteiger partial charge in [0.05, 0.1) is 28.1 Å². The topological polar surface area (TPSA) is 92.8 Å². The van der Waals surface area contributed by atoms with Crippen molar-refractivity contribution in [2.45, 2.75) is 33.1 Å². The van der Waals surface area contributed by atoms with Crippen LogP contribution in [0, 0.1) is 24.7 Å². The van der Waals surface area contributed by atoms with Crippen molar-refractivity contribution in [3.05, 3.63) is 57.0 Å². The lowest BCUT2D eigenvalue weighted by molar-refractivity contribution is -0.122. The van der Waals surface area contributed by atoms with Gasteiger partial charge in [0.15, 0.2) is 6.61 Å². The third kappa shape index (κ3) is 4.88. The van der Waals surface area contributed by atoms with E-state index in [0.29, 0.717) is 39.6 Å². The number of fused-ring (bicyclic) bond motifs is 1. The van der Waals surface area contributed by atoms with Crippen LogP contribution in [0.15, 0.2) is 40.9 Å². The first kappa shape index (κ1) is 24.4. The highest BCUT2D eigenvalue weighted by molar-refractivity contribution is 9.10. The van der Waals surface area contributed by atoms with Crippen LogP contribution in [0.4, 0.5) is 11.4 Å². The molecule has 1 saturated carbocycles. The Balaban J connectivity index is 1.41. The Labute approximate surface area is 210 Å². The van der Waals surface area contributed by atoms with Gasteiger partial charge in [0.1, 0.15) is 0 Å². The quantitative estimate of drug-likeness (QED) is 0.414. The average Bonchev–Trinajstić information content (AvgIpc) is 3.05. The third-order valence-corrected chi connectivity index (χ3v) is 7.60. The highest BCUT2D eigenvalue weighted by atomic mass is 79.9. The third-order valence-electron chi connectivity index (χ3n) is 6.40. The Bertz CT molecular complexity index is 1180. The van der Waals surface area contributed by atoms with Gasteiger partial charge in [-0.05, 0) is 83.9 Å². The van der Waals surface area contributed by atoms with E-state index in [1.807, 2.05) is 6.92 Å². The van der Waals surface area contributed by atoms with Crippen molar-refractivity contribution in [3.8, 4) is 0 Å². The molecule has 2 fully saturated rings. The number of hydrogen-bond donors (Lipinski definition) is 1. The van der Waals surface area contributed by atoms with Gasteiger partial charge in [-0.3, -0.25) is 19.3 Å². The highest BCUT2D eigenvalue weighted by Gasteiger charge is 2.50. The number of halogens is 2. The summed E-state index contributed by atoms with van der Waals surface area (Å²) in [7, 11) is 0. The molecule has 0 aromatic heterocycles. The molecule has 1 aliphatic carbocycles. The largest absolute Gasteiger partial charge is 0.452 e. The minimum atomic E-state index is -0.729. The summed E-state index contributed by atoms with van der Waals surface area (Å²) < 4.78 is 5.86. The molecular formula is C25H24BrClN2O5. The van der Waals surface area contributed by atoms with Crippen molar-refractivity contribution in [2.24, 2.45) is 17.8 Å². The number of esters is 1. The fourth-order valence-electron chi connectivity index (χ4n) is 4.60. The molecule has 34 heavy (non-hydrogen) atoms. The number of hydrogen-bond acceptors (Lipinski definition) is 5. The normalized spacial score (nSPS) is 21.9. The monoisotopic (exact) mass is 546 g/mol. The maximum absolute atomic E-state index is 13.0. The molecule has 3 amide bonds. The number of carbonyl (C=O) groups excluding carboxylic acids is 4. The molecule has 0 unspecified atom stereocenters. The minimum Gasteiger partial charge on any atom is -0.452 e. The van der Waals surface area contributed by atoms with Gasteiger partial charge in [-0.1, -0.05) is 24.6 Å².